The molecular formula is C20H18N6O2. The van der Waals surface area contributed by atoms with E-state index in [4.69, 9.17) is 9.47 Å². The lowest BCUT2D eigenvalue weighted by molar-refractivity contribution is 0.353. The van der Waals surface area contributed by atoms with E-state index in [0.717, 1.165) is 23.3 Å². The minimum Gasteiger partial charge on any atom is -0.480 e. The maximum absolute atomic E-state index is 5.44. The van der Waals surface area contributed by atoms with Gasteiger partial charge < -0.3 is 9.47 Å². The van der Waals surface area contributed by atoms with Crippen molar-refractivity contribution < 1.29 is 9.47 Å². The molecular weight excluding hydrogens is 356 g/mol. The van der Waals surface area contributed by atoms with E-state index in [2.05, 4.69) is 37.2 Å². The molecule has 4 aromatic heterocycles. The summed E-state index contributed by atoms with van der Waals surface area (Å²) >= 11 is 0. The van der Waals surface area contributed by atoms with Crippen LogP contribution in [0.15, 0.2) is 49.2 Å². The topological polar surface area (TPSA) is 87.3 Å². The van der Waals surface area contributed by atoms with E-state index >= 15 is 0 Å². The van der Waals surface area contributed by atoms with Crippen molar-refractivity contribution in [2.24, 2.45) is 0 Å². The largest absolute Gasteiger partial charge is 0.480 e. The Morgan fingerprint density at radius 1 is 1.07 bits per heavy atom. The van der Waals surface area contributed by atoms with Crippen molar-refractivity contribution in [1.29, 1.82) is 0 Å². The molecule has 1 aliphatic rings. The molecule has 28 heavy (non-hydrogen) atoms. The molecule has 0 N–H and O–H groups in total. The Balaban J connectivity index is 1.60. The monoisotopic (exact) mass is 374 g/mol. The van der Waals surface area contributed by atoms with Gasteiger partial charge in [0.15, 0.2) is 5.65 Å². The molecule has 1 fully saturated rings. The molecule has 0 spiro atoms. The second-order valence-corrected chi connectivity index (χ2v) is 6.70. The fraction of sp³-hybridized carbons (Fsp3) is 0.250. The quantitative estimate of drug-likeness (QED) is 0.531. The van der Waals surface area contributed by atoms with Crippen LogP contribution in [0.1, 0.15) is 29.4 Å². The number of nitrogens with zero attached hydrogens (tertiary/aromatic N) is 6. The molecule has 0 unspecified atom stereocenters. The second kappa shape index (κ2) is 6.56. The summed E-state index contributed by atoms with van der Waals surface area (Å²) in [5.41, 5.74) is 4.71. The summed E-state index contributed by atoms with van der Waals surface area (Å²) in [4.78, 5) is 17.3. The predicted octanol–water partition coefficient (Wildman–Crippen LogP) is 2.87. The normalized spacial score (nSPS) is 18.2. The van der Waals surface area contributed by atoms with Gasteiger partial charge in [-0.1, -0.05) is 6.07 Å². The van der Waals surface area contributed by atoms with Crippen LogP contribution in [0, 0.1) is 0 Å². The van der Waals surface area contributed by atoms with E-state index < -0.39 is 0 Å². The van der Waals surface area contributed by atoms with Crippen molar-refractivity contribution in [2.75, 3.05) is 14.2 Å². The van der Waals surface area contributed by atoms with Gasteiger partial charge in [0, 0.05) is 36.5 Å². The first-order valence-electron chi connectivity index (χ1n) is 8.98. The summed E-state index contributed by atoms with van der Waals surface area (Å²) in [7, 11) is 3.09. The van der Waals surface area contributed by atoms with Crippen LogP contribution in [0.5, 0.6) is 11.9 Å². The van der Waals surface area contributed by atoms with E-state index in [1.54, 1.807) is 30.2 Å². The summed E-state index contributed by atoms with van der Waals surface area (Å²) in [6.07, 6.45) is 10.1. The summed E-state index contributed by atoms with van der Waals surface area (Å²) < 4.78 is 12.3. The lowest BCUT2D eigenvalue weighted by atomic mass is 10.1. The highest BCUT2D eigenvalue weighted by Crippen LogP contribution is 2.55. The van der Waals surface area contributed by atoms with Gasteiger partial charge in [-0.3, -0.25) is 4.98 Å². The third kappa shape index (κ3) is 2.74. The average Bonchev–Trinajstić information content (AvgIpc) is 3.41. The van der Waals surface area contributed by atoms with Crippen molar-refractivity contribution in [3.05, 3.63) is 60.3 Å². The van der Waals surface area contributed by atoms with Crippen LogP contribution >= 0.6 is 0 Å². The van der Waals surface area contributed by atoms with E-state index in [0.29, 0.717) is 23.3 Å². The van der Waals surface area contributed by atoms with Crippen LogP contribution in [0.3, 0.4) is 0 Å². The first kappa shape index (κ1) is 16.6. The van der Waals surface area contributed by atoms with E-state index in [1.165, 1.54) is 12.7 Å². The van der Waals surface area contributed by atoms with Gasteiger partial charge in [0.25, 0.3) is 0 Å². The summed E-state index contributed by atoms with van der Waals surface area (Å²) in [6, 6.07) is 6.43. The van der Waals surface area contributed by atoms with Gasteiger partial charge >= 0.3 is 6.01 Å². The minimum atomic E-state index is 0.253. The molecule has 4 aromatic rings. The predicted molar refractivity (Wildman–Crippen MR) is 101 cm³/mol. The fourth-order valence-electron chi connectivity index (χ4n) is 3.63. The van der Waals surface area contributed by atoms with Gasteiger partial charge in [-0.15, -0.1) is 0 Å². The molecule has 5 rings (SSSR count). The molecule has 8 nitrogen and oxygen atoms in total. The zero-order chi connectivity index (χ0) is 19.1. The highest BCUT2D eigenvalue weighted by molar-refractivity contribution is 5.68. The molecule has 0 radical (unpaired) electrons. The van der Waals surface area contributed by atoms with Crippen molar-refractivity contribution in [3.63, 3.8) is 0 Å². The summed E-state index contributed by atoms with van der Waals surface area (Å²) in [5.74, 6) is 1.24. The molecule has 1 saturated carbocycles. The third-order valence-corrected chi connectivity index (χ3v) is 5.07. The molecule has 8 heteroatoms. The maximum Gasteiger partial charge on any atom is 0.319 e. The molecule has 0 saturated heterocycles. The molecule has 2 atom stereocenters. The van der Waals surface area contributed by atoms with E-state index in [-0.39, 0.29) is 6.01 Å². The van der Waals surface area contributed by atoms with Crippen LogP contribution in [0.25, 0.3) is 16.9 Å². The highest BCUT2D eigenvalue weighted by Gasteiger charge is 2.41. The number of fused-ring (bicyclic) bond motifs is 1. The lowest BCUT2D eigenvalue weighted by Gasteiger charge is -2.10. The molecule has 0 bridgehead atoms. The van der Waals surface area contributed by atoms with Gasteiger partial charge in [-0.05, 0) is 36.0 Å². The summed E-state index contributed by atoms with van der Waals surface area (Å²) in [5, 5.41) is 4.68. The molecule has 1 aliphatic carbocycles. The Morgan fingerprint density at radius 3 is 2.79 bits per heavy atom. The number of pyridine rings is 1. The highest BCUT2D eigenvalue weighted by atomic mass is 16.5. The first-order chi connectivity index (χ1) is 13.8. The van der Waals surface area contributed by atoms with Crippen LogP contribution in [0.2, 0.25) is 0 Å². The van der Waals surface area contributed by atoms with E-state index in [1.807, 2.05) is 18.5 Å². The van der Waals surface area contributed by atoms with Crippen LogP contribution in [-0.4, -0.2) is 43.8 Å². The van der Waals surface area contributed by atoms with E-state index in [9.17, 15) is 0 Å². The molecule has 0 amide bonds. The lowest BCUT2D eigenvalue weighted by Crippen LogP contribution is -2.02. The number of methoxy groups -OCH3 is 2. The standard InChI is InChI=1S/C20H18N6O2/c1-27-19-16(11-23-20(24-19)28-2)17-9-15(18-22-6-7-26(18)25-17)14-8-13(14)12-4-3-5-21-10-12/h3-7,9-11,13-14H,8H2,1-2H3/t13-,14+/m1/s1. The average molecular weight is 374 g/mol. The Bertz CT molecular complexity index is 1140. The molecule has 4 heterocycles. The summed E-state index contributed by atoms with van der Waals surface area (Å²) in [6.45, 7) is 0. The SMILES string of the molecule is COc1ncc(-c2cc([C@H]3C[C@@H]3c3cccnc3)c3nccn3n2)c(OC)n1. The van der Waals surface area contributed by atoms with Crippen molar-refractivity contribution in [1.82, 2.24) is 29.5 Å². The third-order valence-electron chi connectivity index (χ3n) is 5.07. The Labute approximate surface area is 161 Å². The zero-order valence-corrected chi connectivity index (χ0v) is 15.5. The Hall–Kier alpha value is -3.55. The number of rotatable bonds is 5. The van der Waals surface area contributed by atoms with Crippen molar-refractivity contribution in [2.45, 2.75) is 18.3 Å². The first-order valence-corrected chi connectivity index (χ1v) is 8.98. The van der Waals surface area contributed by atoms with Crippen molar-refractivity contribution in [3.8, 4) is 23.1 Å². The van der Waals surface area contributed by atoms with Gasteiger partial charge in [-0.2, -0.15) is 10.1 Å². The zero-order valence-electron chi connectivity index (χ0n) is 15.5. The second-order valence-electron chi connectivity index (χ2n) is 6.70. The maximum atomic E-state index is 5.44. The van der Waals surface area contributed by atoms with Gasteiger partial charge in [0.1, 0.15) is 0 Å². The molecule has 140 valence electrons. The van der Waals surface area contributed by atoms with Crippen LogP contribution in [-0.2, 0) is 0 Å². The molecule has 0 aliphatic heterocycles. The van der Waals surface area contributed by atoms with Crippen LogP contribution in [0.4, 0.5) is 0 Å². The number of hydrogen-bond acceptors (Lipinski definition) is 7. The number of hydrogen-bond donors (Lipinski definition) is 0. The number of ether oxygens (including phenoxy) is 2. The van der Waals surface area contributed by atoms with Gasteiger partial charge in [-0.25, -0.2) is 14.5 Å². The molecule has 0 aromatic carbocycles. The Kier molecular flexibility index (Phi) is 3.89. The Morgan fingerprint density at radius 2 is 2.00 bits per heavy atom. The van der Waals surface area contributed by atoms with Gasteiger partial charge in [0.05, 0.1) is 25.5 Å². The number of aromatic nitrogens is 6. The van der Waals surface area contributed by atoms with Crippen molar-refractivity contribution >= 4 is 5.65 Å². The van der Waals surface area contributed by atoms with Crippen LogP contribution < -0.4 is 9.47 Å². The minimum absolute atomic E-state index is 0.253. The fourth-order valence-corrected chi connectivity index (χ4v) is 3.63. The smallest absolute Gasteiger partial charge is 0.319 e. The van der Waals surface area contributed by atoms with Gasteiger partial charge in [0.2, 0.25) is 5.88 Å². The number of imidazole rings is 1.